The third-order valence-electron chi connectivity index (χ3n) is 6.51. The average molecular weight is 432 g/mol. The van der Waals surface area contributed by atoms with Gasteiger partial charge in [-0.2, -0.15) is 0 Å². The topological polar surface area (TPSA) is 38.8 Å². The normalized spacial score (nSPS) is 19.8. The summed E-state index contributed by atoms with van der Waals surface area (Å²) >= 11 is 0. The highest BCUT2D eigenvalue weighted by atomic mass is 19.1. The summed E-state index contributed by atoms with van der Waals surface area (Å²) in [7, 11) is 0. The van der Waals surface area contributed by atoms with Crippen molar-refractivity contribution in [3.05, 3.63) is 90.2 Å². The van der Waals surface area contributed by atoms with Crippen molar-refractivity contribution in [2.45, 2.75) is 31.0 Å². The van der Waals surface area contributed by atoms with Gasteiger partial charge in [0.2, 0.25) is 0 Å². The van der Waals surface area contributed by atoms with Crippen molar-refractivity contribution >= 4 is 5.91 Å². The highest BCUT2D eigenvalue weighted by Gasteiger charge is 2.44. The zero-order valence-corrected chi connectivity index (χ0v) is 17.9. The molecule has 1 amide bonds. The van der Waals surface area contributed by atoms with Crippen molar-refractivity contribution in [2.75, 3.05) is 19.7 Å². The second kappa shape index (κ2) is 8.75. The summed E-state index contributed by atoms with van der Waals surface area (Å²) in [6, 6.07) is 24.2. The summed E-state index contributed by atoms with van der Waals surface area (Å²) in [5.41, 5.74) is 2.42. The van der Waals surface area contributed by atoms with E-state index in [1.807, 2.05) is 59.5 Å². The lowest BCUT2D eigenvalue weighted by atomic mass is 9.87. The number of para-hydroxylation sites is 1. The van der Waals surface area contributed by atoms with Gasteiger partial charge < -0.3 is 14.4 Å². The Balaban J connectivity index is 1.24. The summed E-state index contributed by atoms with van der Waals surface area (Å²) in [6.45, 7) is 1.71. The molecule has 0 aliphatic carbocycles. The van der Waals surface area contributed by atoms with Crippen molar-refractivity contribution < 1.29 is 18.7 Å². The van der Waals surface area contributed by atoms with Gasteiger partial charge in [0.25, 0.3) is 5.91 Å². The Labute approximate surface area is 187 Å². The van der Waals surface area contributed by atoms with E-state index in [0.717, 1.165) is 29.5 Å². The van der Waals surface area contributed by atoms with E-state index < -0.39 is 0 Å². The van der Waals surface area contributed by atoms with Gasteiger partial charge in [0.15, 0.2) is 11.6 Å². The number of hydrogen-bond acceptors (Lipinski definition) is 3. The molecule has 2 aliphatic heterocycles. The third kappa shape index (κ3) is 4.13. The van der Waals surface area contributed by atoms with Gasteiger partial charge in [-0.3, -0.25) is 4.79 Å². The smallest absolute Gasteiger partial charge is 0.254 e. The molecule has 5 rings (SSSR count). The molecule has 0 saturated carbocycles. The minimum absolute atomic E-state index is 0.0523. The Kier molecular flexibility index (Phi) is 5.66. The van der Waals surface area contributed by atoms with Gasteiger partial charge in [-0.15, -0.1) is 0 Å². The van der Waals surface area contributed by atoms with Crippen LogP contribution in [0.25, 0.3) is 11.1 Å². The van der Waals surface area contributed by atoms with Crippen LogP contribution in [0.1, 0.15) is 29.6 Å². The van der Waals surface area contributed by atoms with Crippen molar-refractivity contribution in [1.82, 2.24) is 4.90 Å². The van der Waals surface area contributed by atoms with Crippen LogP contribution in [0.3, 0.4) is 0 Å². The first-order chi connectivity index (χ1) is 15.6. The average Bonchev–Trinajstić information content (AvgIpc) is 3.23. The van der Waals surface area contributed by atoms with Gasteiger partial charge in [0, 0.05) is 25.1 Å². The van der Waals surface area contributed by atoms with Crippen molar-refractivity contribution in [3.63, 3.8) is 0 Å². The molecule has 4 nitrogen and oxygen atoms in total. The number of halogens is 1. The van der Waals surface area contributed by atoms with E-state index in [4.69, 9.17) is 9.47 Å². The quantitative estimate of drug-likeness (QED) is 0.560. The van der Waals surface area contributed by atoms with Gasteiger partial charge in [-0.05, 0) is 42.2 Å². The Hall–Kier alpha value is -3.18. The highest BCUT2D eigenvalue weighted by Crippen LogP contribution is 2.38. The molecule has 5 heteroatoms. The number of likely N-dealkylation sites (tertiary alicyclic amines) is 1. The lowest BCUT2D eigenvalue weighted by Gasteiger charge is -2.38. The van der Waals surface area contributed by atoms with E-state index in [2.05, 4.69) is 0 Å². The van der Waals surface area contributed by atoms with E-state index >= 15 is 0 Å². The molecule has 32 heavy (non-hydrogen) atoms. The van der Waals surface area contributed by atoms with Crippen LogP contribution in [0.4, 0.5) is 4.39 Å². The lowest BCUT2D eigenvalue weighted by molar-refractivity contribution is -0.0395. The number of ether oxygens (including phenoxy) is 2. The molecule has 1 atom stereocenters. The zero-order chi connectivity index (χ0) is 22.0. The van der Waals surface area contributed by atoms with Gasteiger partial charge in [0.05, 0.1) is 12.2 Å². The van der Waals surface area contributed by atoms with Gasteiger partial charge in [-0.25, -0.2) is 4.39 Å². The largest absolute Gasteiger partial charge is 0.485 e. The fourth-order valence-electron chi connectivity index (χ4n) is 4.77. The first-order valence-corrected chi connectivity index (χ1v) is 11.1. The van der Waals surface area contributed by atoms with Crippen LogP contribution >= 0.6 is 0 Å². The summed E-state index contributed by atoms with van der Waals surface area (Å²) in [6.07, 6.45) is 2.05. The number of benzene rings is 3. The fraction of sp³-hybridized carbons (Fsp3) is 0.296. The Bertz CT molecular complexity index is 1090. The Morgan fingerprint density at radius 2 is 1.62 bits per heavy atom. The standard InChI is InChI=1S/C27H26FNO3/c28-24-12-6-7-13-25(24)32-21-18-27(31-19-21)14-16-29(17-15-27)26(30)23-11-5-4-10-22(23)20-8-2-1-3-9-20/h1-13,21H,14-19H2/t21-/m0/s1. The number of piperidine rings is 1. The van der Waals surface area contributed by atoms with E-state index in [1.54, 1.807) is 18.2 Å². The van der Waals surface area contributed by atoms with Gasteiger partial charge >= 0.3 is 0 Å². The number of amides is 1. The van der Waals surface area contributed by atoms with Crippen molar-refractivity contribution in [1.29, 1.82) is 0 Å². The van der Waals surface area contributed by atoms with Gasteiger partial charge in [0.1, 0.15) is 6.10 Å². The molecule has 2 fully saturated rings. The minimum atomic E-state index is -0.356. The fourth-order valence-corrected chi connectivity index (χ4v) is 4.77. The maximum atomic E-state index is 13.9. The van der Waals surface area contributed by atoms with E-state index in [0.29, 0.717) is 26.1 Å². The number of rotatable bonds is 4. The van der Waals surface area contributed by atoms with Gasteiger partial charge in [-0.1, -0.05) is 60.7 Å². The zero-order valence-electron chi connectivity index (χ0n) is 17.9. The first-order valence-electron chi connectivity index (χ1n) is 11.1. The van der Waals surface area contributed by atoms with E-state index in [9.17, 15) is 9.18 Å². The van der Waals surface area contributed by atoms with Crippen LogP contribution < -0.4 is 4.74 Å². The maximum absolute atomic E-state index is 13.9. The number of carbonyl (C=O) groups excluding carboxylic acids is 1. The molecule has 3 aromatic carbocycles. The second-order valence-corrected chi connectivity index (χ2v) is 8.57. The van der Waals surface area contributed by atoms with Crippen LogP contribution in [0.15, 0.2) is 78.9 Å². The Morgan fingerprint density at radius 1 is 0.938 bits per heavy atom. The van der Waals surface area contributed by atoms with Crippen LogP contribution in [-0.4, -0.2) is 42.2 Å². The molecule has 164 valence electrons. The molecular weight excluding hydrogens is 405 g/mol. The molecule has 1 spiro atoms. The predicted molar refractivity (Wildman–Crippen MR) is 121 cm³/mol. The molecule has 2 heterocycles. The van der Waals surface area contributed by atoms with Crippen molar-refractivity contribution in [3.8, 4) is 16.9 Å². The molecule has 0 radical (unpaired) electrons. The second-order valence-electron chi connectivity index (χ2n) is 8.57. The monoisotopic (exact) mass is 431 g/mol. The number of nitrogens with zero attached hydrogens (tertiary/aromatic N) is 1. The first kappa shape index (κ1) is 20.7. The van der Waals surface area contributed by atoms with Crippen LogP contribution in [0, 0.1) is 5.82 Å². The summed E-state index contributed by atoms with van der Waals surface area (Å²) in [5, 5.41) is 0. The predicted octanol–water partition coefficient (Wildman–Crippen LogP) is 5.34. The molecule has 0 bridgehead atoms. The lowest BCUT2D eigenvalue weighted by Crippen LogP contribution is -2.46. The minimum Gasteiger partial charge on any atom is -0.485 e. The molecule has 0 aromatic heterocycles. The third-order valence-corrected chi connectivity index (χ3v) is 6.51. The Morgan fingerprint density at radius 3 is 2.41 bits per heavy atom. The van der Waals surface area contributed by atoms with Crippen LogP contribution in [0.2, 0.25) is 0 Å². The number of carbonyl (C=O) groups is 1. The van der Waals surface area contributed by atoms with Crippen molar-refractivity contribution in [2.24, 2.45) is 0 Å². The summed E-state index contributed by atoms with van der Waals surface area (Å²) in [5.74, 6) is -0.0364. The van der Waals surface area contributed by atoms with E-state index in [1.165, 1.54) is 6.07 Å². The molecular formula is C27H26FNO3. The molecule has 2 saturated heterocycles. The number of hydrogen-bond donors (Lipinski definition) is 0. The van der Waals surface area contributed by atoms with Crippen LogP contribution in [0.5, 0.6) is 5.75 Å². The summed E-state index contributed by atoms with van der Waals surface area (Å²) in [4.78, 5) is 15.3. The summed E-state index contributed by atoms with van der Waals surface area (Å²) < 4.78 is 25.9. The maximum Gasteiger partial charge on any atom is 0.254 e. The molecule has 3 aromatic rings. The van der Waals surface area contributed by atoms with E-state index in [-0.39, 0.29) is 29.2 Å². The SMILES string of the molecule is O=C(c1ccccc1-c1ccccc1)N1CCC2(CC1)C[C@H](Oc1ccccc1F)CO2. The highest BCUT2D eigenvalue weighted by molar-refractivity contribution is 6.00. The molecule has 2 aliphatic rings. The molecule has 0 unspecified atom stereocenters. The van der Waals surface area contributed by atoms with Crippen LogP contribution in [-0.2, 0) is 4.74 Å². The molecule has 0 N–H and O–H groups in total.